The minimum atomic E-state index is 0.117. The van der Waals surface area contributed by atoms with Gasteiger partial charge in [-0.25, -0.2) is 0 Å². The molecule has 1 radical (unpaired) electrons. The first-order chi connectivity index (χ1) is 8.79. The zero-order valence-corrected chi connectivity index (χ0v) is 9.90. The molecule has 3 aromatic rings. The van der Waals surface area contributed by atoms with Gasteiger partial charge < -0.3 is 14.8 Å². The largest absolute Gasteiger partial charge is 0.504 e. The average molecular weight is 238 g/mol. The summed E-state index contributed by atoms with van der Waals surface area (Å²) in [5, 5.41) is 11.2. The Labute approximate surface area is 105 Å². The van der Waals surface area contributed by atoms with Gasteiger partial charge in [-0.3, -0.25) is 0 Å². The fourth-order valence-corrected chi connectivity index (χ4v) is 2.06. The lowest BCUT2D eigenvalue weighted by molar-refractivity contribution is 0.374. The van der Waals surface area contributed by atoms with Crippen LogP contribution in [0.25, 0.3) is 22.0 Å². The molecular weight excluding hydrogens is 226 g/mol. The molecule has 0 spiro atoms. The molecule has 0 unspecified atom stereocenters. The van der Waals surface area contributed by atoms with Crippen LogP contribution in [0, 0.1) is 6.07 Å². The highest BCUT2D eigenvalue weighted by Gasteiger charge is 2.10. The number of phenols is 1. The summed E-state index contributed by atoms with van der Waals surface area (Å²) in [4.78, 5) is 3.15. The van der Waals surface area contributed by atoms with Crippen molar-refractivity contribution in [1.29, 1.82) is 0 Å². The molecule has 3 nitrogen and oxygen atoms in total. The second-order valence-corrected chi connectivity index (χ2v) is 4.05. The molecule has 0 fully saturated rings. The smallest absolute Gasteiger partial charge is 0.166 e. The Morgan fingerprint density at radius 3 is 2.94 bits per heavy atom. The second-order valence-electron chi connectivity index (χ2n) is 4.05. The number of hydrogen-bond acceptors (Lipinski definition) is 2. The van der Waals surface area contributed by atoms with E-state index in [1.165, 1.54) is 7.11 Å². The lowest BCUT2D eigenvalue weighted by Crippen LogP contribution is -1.86. The number of aromatic hydroxyl groups is 1. The maximum absolute atomic E-state index is 10.1. The van der Waals surface area contributed by atoms with Crippen LogP contribution in [0.1, 0.15) is 0 Å². The maximum Gasteiger partial charge on any atom is 0.166 e. The van der Waals surface area contributed by atoms with E-state index >= 15 is 0 Å². The number of ether oxygens (including phenoxy) is 1. The number of hydrogen-bond donors (Lipinski definition) is 2. The van der Waals surface area contributed by atoms with Crippen molar-refractivity contribution >= 4 is 10.9 Å². The average Bonchev–Trinajstić information content (AvgIpc) is 2.86. The van der Waals surface area contributed by atoms with Gasteiger partial charge in [-0.1, -0.05) is 12.1 Å². The van der Waals surface area contributed by atoms with Gasteiger partial charge in [0, 0.05) is 17.3 Å². The highest BCUT2D eigenvalue weighted by molar-refractivity contribution is 5.86. The van der Waals surface area contributed by atoms with E-state index in [-0.39, 0.29) is 5.75 Å². The molecule has 0 aliphatic rings. The van der Waals surface area contributed by atoms with Crippen LogP contribution in [0.15, 0.2) is 42.6 Å². The van der Waals surface area contributed by atoms with Crippen LogP contribution in [0.2, 0.25) is 0 Å². The normalized spacial score (nSPS) is 10.7. The zero-order valence-electron chi connectivity index (χ0n) is 9.90. The highest BCUT2D eigenvalue weighted by Crippen LogP contribution is 2.37. The van der Waals surface area contributed by atoms with Crippen molar-refractivity contribution in [3.8, 4) is 22.6 Å². The molecule has 0 aliphatic heterocycles. The lowest BCUT2D eigenvalue weighted by atomic mass is 10.0. The number of nitrogens with one attached hydrogen (secondary N) is 1. The number of H-pyrrole nitrogens is 1. The van der Waals surface area contributed by atoms with E-state index in [1.807, 2.05) is 30.5 Å². The highest BCUT2D eigenvalue weighted by atomic mass is 16.5. The lowest BCUT2D eigenvalue weighted by Gasteiger charge is -2.08. The quantitative estimate of drug-likeness (QED) is 0.719. The molecular formula is C15H12NO2. The first kappa shape index (κ1) is 10.7. The van der Waals surface area contributed by atoms with Gasteiger partial charge in [-0.15, -0.1) is 0 Å². The van der Waals surface area contributed by atoms with Crippen molar-refractivity contribution in [2.75, 3.05) is 7.11 Å². The van der Waals surface area contributed by atoms with Gasteiger partial charge in [0.25, 0.3) is 0 Å². The van der Waals surface area contributed by atoms with Crippen LogP contribution in [0.4, 0.5) is 0 Å². The van der Waals surface area contributed by atoms with E-state index < -0.39 is 0 Å². The monoisotopic (exact) mass is 238 g/mol. The summed E-state index contributed by atoms with van der Waals surface area (Å²) in [6.07, 6.45) is 1.89. The van der Waals surface area contributed by atoms with E-state index in [0.29, 0.717) is 11.3 Å². The van der Waals surface area contributed by atoms with Crippen molar-refractivity contribution in [2.45, 2.75) is 0 Å². The molecule has 1 aromatic heterocycles. The number of phenolic OH excluding ortho intramolecular Hbond substituents is 1. The van der Waals surface area contributed by atoms with E-state index in [0.717, 1.165) is 16.5 Å². The number of benzene rings is 2. The standard InChI is InChI=1S/C15H12NO2/c1-18-14-4-2-3-12(15(14)17)11-6-5-10-7-8-16-13(10)9-11/h2,4-9,16-17H,1H3. The van der Waals surface area contributed by atoms with Crippen molar-refractivity contribution in [3.63, 3.8) is 0 Å². The SMILES string of the molecule is COc1cc[c]c(-c2ccc3cc[nH]c3c2)c1O. The summed E-state index contributed by atoms with van der Waals surface area (Å²) in [5.41, 5.74) is 2.58. The number of methoxy groups -OCH3 is 1. The van der Waals surface area contributed by atoms with Gasteiger partial charge in [0.2, 0.25) is 0 Å². The molecule has 18 heavy (non-hydrogen) atoms. The molecule has 3 heteroatoms. The van der Waals surface area contributed by atoms with Gasteiger partial charge in [-0.05, 0) is 41.3 Å². The van der Waals surface area contributed by atoms with Crippen LogP contribution in [0.3, 0.4) is 0 Å². The second kappa shape index (κ2) is 4.11. The van der Waals surface area contributed by atoms with Crippen molar-refractivity contribution < 1.29 is 9.84 Å². The number of fused-ring (bicyclic) bond motifs is 1. The van der Waals surface area contributed by atoms with Crippen LogP contribution >= 0.6 is 0 Å². The van der Waals surface area contributed by atoms with Crippen molar-refractivity contribution in [3.05, 3.63) is 48.7 Å². The van der Waals surface area contributed by atoms with Crippen LogP contribution in [0.5, 0.6) is 11.5 Å². The fraction of sp³-hybridized carbons (Fsp3) is 0.0667. The Morgan fingerprint density at radius 1 is 1.22 bits per heavy atom. The van der Waals surface area contributed by atoms with E-state index in [9.17, 15) is 5.11 Å². The molecule has 3 rings (SSSR count). The number of aromatic amines is 1. The molecule has 2 N–H and O–H groups in total. The Morgan fingerprint density at radius 2 is 2.11 bits per heavy atom. The minimum Gasteiger partial charge on any atom is -0.504 e. The van der Waals surface area contributed by atoms with Gasteiger partial charge in [0.05, 0.1) is 7.11 Å². The first-order valence-corrected chi connectivity index (χ1v) is 5.65. The molecule has 1 heterocycles. The molecule has 89 valence electrons. The number of rotatable bonds is 2. The zero-order chi connectivity index (χ0) is 12.5. The van der Waals surface area contributed by atoms with Crippen molar-refractivity contribution in [1.82, 2.24) is 4.98 Å². The van der Waals surface area contributed by atoms with Crippen LogP contribution < -0.4 is 4.74 Å². The minimum absolute atomic E-state index is 0.117. The van der Waals surface area contributed by atoms with Gasteiger partial charge >= 0.3 is 0 Å². The van der Waals surface area contributed by atoms with Crippen LogP contribution in [-0.4, -0.2) is 17.2 Å². The summed E-state index contributed by atoms with van der Waals surface area (Å²) in [6, 6.07) is 14.4. The van der Waals surface area contributed by atoms with E-state index in [2.05, 4.69) is 11.1 Å². The fourth-order valence-electron chi connectivity index (χ4n) is 2.06. The van der Waals surface area contributed by atoms with Gasteiger partial charge in [0.15, 0.2) is 11.5 Å². The summed E-state index contributed by atoms with van der Waals surface area (Å²) < 4.78 is 5.10. The third-order valence-corrected chi connectivity index (χ3v) is 3.00. The van der Waals surface area contributed by atoms with E-state index in [1.54, 1.807) is 12.1 Å². The number of aromatic nitrogens is 1. The first-order valence-electron chi connectivity index (χ1n) is 5.65. The molecule has 0 aliphatic carbocycles. The predicted octanol–water partition coefficient (Wildman–Crippen LogP) is 3.35. The summed E-state index contributed by atoms with van der Waals surface area (Å²) in [5.74, 6) is 0.571. The Kier molecular flexibility index (Phi) is 2.45. The molecule has 0 bridgehead atoms. The Balaban J connectivity index is 2.19. The maximum atomic E-state index is 10.1. The third kappa shape index (κ3) is 1.61. The Hall–Kier alpha value is -2.42. The molecule has 0 amide bonds. The summed E-state index contributed by atoms with van der Waals surface area (Å²) in [6.45, 7) is 0. The topological polar surface area (TPSA) is 45.2 Å². The molecule has 2 aromatic carbocycles. The third-order valence-electron chi connectivity index (χ3n) is 3.00. The molecule has 0 atom stereocenters. The predicted molar refractivity (Wildman–Crippen MR) is 70.8 cm³/mol. The van der Waals surface area contributed by atoms with Gasteiger partial charge in [0.1, 0.15) is 0 Å². The van der Waals surface area contributed by atoms with E-state index in [4.69, 9.17) is 4.74 Å². The Bertz CT molecular complexity index is 701. The molecule has 0 saturated heterocycles. The molecule has 0 saturated carbocycles. The van der Waals surface area contributed by atoms with Gasteiger partial charge in [-0.2, -0.15) is 0 Å². The van der Waals surface area contributed by atoms with Crippen molar-refractivity contribution in [2.24, 2.45) is 0 Å². The van der Waals surface area contributed by atoms with Crippen LogP contribution in [-0.2, 0) is 0 Å². The summed E-state index contributed by atoms with van der Waals surface area (Å²) >= 11 is 0. The summed E-state index contributed by atoms with van der Waals surface area (Å²) in [7, 11) is 1.53.